The summed E-state index contributed by atoms with van der Waals surface area (Å²) in [6.07, 6.45) is -0.00755. The molecule has 0 aromatic heterocycles. The molecular formula is C8H12O4. The lowest BCUT2D eigenvalue weighted by Crippen LogP contribution is -2.27. The summed E-state index contributed by atoms with van der Waals surface area (Å²) in [7, 11) is 0. The second-order valence-electron chi connectivity index (χ2n) is 2.71. The maximum Gasteiger partial charge on any atom is 0.324 e. The van der Waals surface area contributed by atoms with Gasteiger partial charge in [0.1, 0.15) is 6.29 Å². The van der Waals surface area contributed by atoms with Gasteiger partial charge in [-0.1, -0.05) is 0 Å². The average molecular weight is 172 g/mol. The fourth-order valence-electron chi connectivity index (χ4n) is 0.623. The van der Waals surface area contributed by atoms with Gasteiger partial charge in [-0.15, -0.1) is 0 Å². The molecular weight excluding hydrogens is 160 g/mol. The summed E-state index contributed by atoms with van der Waals surface area (Å²) in [5.74, 6) is -2.52. The van der Waals surface area contributed by atoms with Crippen molar-refractivity contribution in [2.24, 2.45) is 5.92 Å². The van der Waals surface area contributed by atoms with Gasteiger partial charge in [-0.3, -0.25) is 9.59 Å². The highest BCUT2D eigenvalue weighted by atomic mass is 16.5. The first-order valence-corrected chi connectivity index (χ1v) is 3.65. The Balaban J connectivity index is 4.23. The normalized spacial score (nSPS) is 12.3. The molecule has 4 nitrogen and oxygen atoms in total. The Bertz CT molecular complexity index is 195. The van der Waals surface area contributed by atoms with Crippen LogP contribution >= 0.6 is 0 Å². The SMILES string of the molecule is CC(=O)C(C=O)C(=O)OC(C)C. The summed E-state index contributed by atoms with van der Waals surface area (Å²) in [5, 5.41) is 0. The van der Waals surface area contributed by atoms with Crippen LogP contribution < -0.4 is 0 Å². The quantitative estimate of drug-likeness (QED) is 0.348. The zero-order valence-corrected chi connectivity index (χ0v) is 7.37. The molecule has 0 bridgehead atoms. The number of rotatable bonds is 4. The molecule has 0 aliphatic rings. The van der Waals surface area contributed by atoms with Gasteiger partial charge in [0.25, 0.3) is 0 Å². The van der Waals surface area contributed by atoms with Crippen molar-refractivity contribution in [2.45, 2.75) is 26.9 Å². The van der Waals surface area contributed by atoms with E-state index in [1.165, 1.54) is 6.92 Å². The third-order valence-corrected chi connectivity index (χ3v) is 1.18. The van der Waals surface area contributed by atoms with Crippen LogP contribution in [0.4, 0.5) is 0 Å². The minimum atomic E-state index is -1.26. The summed E-state index contributed by atoms with van der Waals surface area (Å²) in [4.78, 5) is 31.9. The monoisotopic (exact) mass is 172 g/mol. The van der Waals surface area contributed by atoms with E-state index in [0.717, 1.165) is 0 Å². The molecule has 0 rings (SSSR count). The summed E-state index contributed by atoms with van der Waals surface area (Å²) in [6.45, 7) is 4.49. The molecule has 0 radical (unpaired) electrons. The van der Waals surface area contributed by atoms with Crippen molar-refractivity contribution < 1.29 is 19.1 Å². The van der Waals surface area contributed by atoms with Crippen LogP contribution in [-0.4, -0.2) is 24.1 Å². The van der Waals surface area contributed by atoms with Crippen LogP contribution in [0.1, 0.15) is 20.8 Å². The number of carbonyl (C=O) groups excluding carboxylic acids is 3. The molecule has 0 N–H and O–H groups in total. The molecule has 0 fully saturated rings. The van der Waals surface area contributed by atoms with Crippen LogP contribution in [-0.2, 0) is 19.1 Å². The number of carbonyl (C=O) groups is 3. The van der Waals surface area contributed by atoms with Crippen molar-refractivity contribution in [3.05, 3.63) is 0 Å². The van der Waals surface area contributed by atoms with Crippen molar-refractivity contribution in [3.8, 4) is 0 Å². The van der Waals surface area contributed by atoms with Gasteiger partial charge in [0, 0.05) is 0 Å². The van der Waals surface area contributed by atoms with Crippen LogP contribution in [0.3, 0.4) is 0 Å². The fourth-order valence-corrected chi connectivity index (χ4v) is 0.623. The van der Waals surface area contributed by atoms with E-state index in [0.29, 0.717) is 6.29 Å². The van der Waals surface area contributed by atoms with E-state index in [2.05, 4.69) is 4.74 Å². The highest BCUT2D eigenvalue weighted by Gasteiger charge is 2.24. The largest absolute Gasteiger partial charge is 0.462 e. The number of ether oxygens (including phenoxy) is 1. The Morgan fingerprint density at radius 2 is 1.83 bits per heavy atom. The summed E-state index contributed by atoms with van der Waals surface area (Å²) in [5.41, 5.74) is 0. The molecule has 0 aliphatic heterocycles. The first-order chi connectivity index (χ1) is 5.49. The highest BCUT2D eigenvalue weighted by molar-refractivity contribution is 6.09. The number of Topliss-reactive ketones (excluding diaryl/α,β-unsaturated/α-hetero) is 1. The lowest BCUT2D eigenvalue weighted by molar-refractivity contribution is -0.155. The van der Waals surface area contributed by atoms with E-state index in [1.54, 1.807) is 13.8 Å². The molecule has 0 amide bonds. The summed E-state index contributed by atoms with van der Waals surface area (Å²) >= 11 is 0. The molecule has 4 heteroatoms. The fraction of sp³-hybridized carbons (Fsp3) is 0.625. The minimum Gasteiger partial charge on any atom is -0.462 e. The molecule has 12 heavy (non-hydrogen) atoms. The van der Waals surface area contributed by atoms with Crippen molar-refractivity contribution in [3.63, 3.8) is 0 Å². The number of hydrogen-bond acceptors (Lipinski definition) is 4. The molecule has 0 heterocycles. The predicted molar refractivity (Wildman–Crippen MR) is 41.5 cm³/mol. The average Bonchev–Trinajstić information content (AvgIpc) is 1.85. The lowest BCUT2D eigenvalue weighted by Gasteiger charge is -2.09. The van der Waals surface area contributed by atoms with E-state index >= 15 is 0 Å². The van der Waals surface area contributed by atoms with Gasteiger partial charge < -0.3 is 9.53 Å². The second kappa shape index (κ2) is 4.64. The molecule has 1 atom stereocenters. The van der Waals surface area contributed by atoms with E-state index < -0.39 is 17.7 Å². The molecule has 1 unspecified atom stereocenters. The Hall–Kier alpha value is -1.19. The van der Waals surface area contributed by atoms with Crippen LogP contribution in [0.25, 0.3) is 0 Å². The van der Waals surface area contributed by atoms with Gasteiger partial charge in [-0.25, -0.2) is 0 Å². The van der Waals surface area contributed by atoms with Gasteiger partial charge in [0.05, 0.1) is 6.10 Å². The van der Waals surface area contributed by atoms with Gasteiger partial charge in [0.2, 0.25) is 0 Å². The lowest BCUT2D eigenvalue weighted by atomic mass is 10.1. The Kier molecular flexibility index (Phi) is 4.18. The molecule has 0 spiro atoms. The number of hydrogen-bond donors (Lipinski definition) is 0. The Morgan fingerprint density at radius 1 is 1.33 bits per heavy atom. The third-order valence-electron chi connectivity index (χ3n) is 1.18. The Labute approximate surface area is 70.9 Å². The number of esters is 1. The van der Waals surface area contributed by atoms with E-state index in [1.807, 2.05) is 0 Å². The zero-order valence-electron chi connectivity index (χ0n) is 7.37. The zero-order chi connectivity index (χ0) is 9.72. The Morgan fingerprint density at radius 3 is 2.08 bits per heavy atom. The van der Waals surface area contributed by atoms with Crippen LogP contribution in [0, 0.1) is 5.92 Å². The second-order valence-corrected chi connectivity index (χ2v) is 2.71. The molecule has 0 aromatic rings. The maximum atomic E-state index is 11.0. The molecule has 0 aromatic carbocycles. The first-order valence-electron chi connectivity index (χ1n) is 3.65. The van der Waals surface area contributed by atoms with Crippen molar-refractivity contribution in [1.82, 2.24) is 0 Å². The van der Waals surface area contributed by atoms with Crippen LogP contribution in [0.5, 0.6) is 0 Å². The first kappa shape index (κ1) is 10.8. The molecule has 68 valence electrons. The van der Waals surface area contributed by atoms with Crippen molar-refractivity contribution in [2.75, 3.05) is 0 Å². The van der Waals surface area contributed by atoms with Crippen molar-refractivity contribution >= 4 is 18.0 Å². The summed E-state index contributed by atoms with van der Waals surface area (Å²) < 4.78 is 4.67. The van der Waals surface area contributed by atoms with E-state index in [9.17, 15) is 14.4 Å². The molecule has 0 aliphatic carbocycles. The predicted octanol–water partition coefficient (Wildman–Crippen LogP) is 0.342. The number of aldehydes is 1. The number of ketones is 1. The standard InChI is InChI=1S/C8H12O4/c1-5(2)12-8(11)7(4-9)6(3)10/h4-5,7H,1-3H3. The van der Waals surface area contributed by atoms with Gasteiger partial charge in [0.15, 0.2) is 11.7 Å². The third kappa shape index (κ3) is 3.27. The summed E-state index contributed by atoms with van der Waals surface area (Å²) in [6, 6.07) is 0. The smallest absolute Gasteiger partial charge is 0.324 e. The van der Waals surface area contributed by atoms with Gasteiger partial charge >= 0.3 is 5.97 Å². The highest BCUT2D eigenvalue weighted by Crippen LogP contribution is 2.00. The molecule has 0 saturated heterocycles. The maximum absolute atomic E-state index is 11.0. The van der Waals surface area contributed by atoms with Crippen LogP contribution in [0.2, 0.25) is 0 Å². The van der Waals surface area contributed by atoms with E-state index in [4.69, 9.17) is 0 Å². The van der Waals surface area contributed by atoms with E-state index in [-0.39, 0.29) is 6.10 Å². The molecule has 0 saturated carbocycles. The van der Waals surface area contributed by atoms with Gasteiger partial charge in [-0.05, 0) is 20.8 Å². The minimum absolute atomic E-state index is 0.299. The topological polar surface area (TPSA) is 60.4 Å². The van der Waals surface area contributed by atoms with Crippen LogP contribution in [0.15, 0.2) is 0 Å². The van der Waals surface area contributed by atoms with Gasteiger partial charge in [-0.2, -0.15) is 0 Å². The van der Waals surface area contributed by atoms with Crippen molar-refractivity contribution in [1.29, 1.82) is 0 Å².